The van der Waals surface area contributed by atoms with E-state index in [-0.39, 0.29) is 11.4 Å². The highest BCUT2D eigenvalue weighted by Crippen LogP contribution is 2.28. The van der Waals surface area contributed by atoms with E-state index in [1.54, 1.807) is 18.2 Å². The van der Waals surface area contributed by atoms with E-state index >= 15 is 0 Å². The predicted molar refractivity (Wildman–Crippen MR) is 55.1 cm³/mol. The Balaban J connectivity index is 2.61. The van der Waals surface area contributed by atoms with Gasteiger partial charge in [-0.05, 0) is 12.1 Å². The molecule has 1 heterocycles. The van der Waals surface area contributed by atoms with Gasteiger partial charge in [0.2, 0.25) is 0 Å². The second-order valence-corrected chi connectivity index (χ2v) is 4.55. The number of fused-ring (bicyclic) bond motifs is 1. The first-order valence-electron chi connectivity index (χ1n) is 4.18. The Morgan fingerprint density at radius 2 is 2.13 bits per heavy atom. The summed E-state index contributed by atoms with van der Waals surface area (Å²) in [6.07, 6.45) is 1.17. The van der Waals surface area contributed by atoms with Crippen LogP contribution in [0, 0.1) is 11.3 Å². The molecule has 0 bridgehead atoms. The smallest absolute Gasteiger partial charge is 0.285 e. The summed E-state index contributed by atoms with van der Waals surface area (Å²) in [5, 5.41) is 8.57. The molecule has 2 rings (SSSR count). The molecule has 1 aliphatic rings. The summed E-state index contributed by atoms with van der Waals surface area (Å²) in [5.74, 6) is 0. The quantitative estimate of drug-likeness (QED) is 0.656. The lowest BCUT2D eigenvalue weighted by atomic mass is 10.3. The minimum absolute atomic E-state index is 0.0794. The van der Waals surface area contributed by atoms with Crippen LogP contribution in [0.25, 0.3) is 0 Å². The van der Waals surface area contributed by atoms with E-state index in [1.807, 2.05) is 6.07 Å². The molecule has 0 unspecified atom stereocenters. The highest BCUT2D eigenvalue weighted by molar-refractivity contribution is 7.90. The first kappa shape index (κ1) is 9.68. The molecule has 76 valence electrons. The average Bonchev–Trinajstić information content (AvgIpc) is 2.23. The van der Waals surface area contributed by atoms with E-state index in [0.29, 0.717) is 5.69 Å². The monoisotopic (exact) mass is 221 g/mol. The number of benzene rings is 1. The Bertz CT molecular complexity index is 557. The lowest BCUT2D eigenvalue weighted by Crippen LogP contribution is -2.27. The highest BCUT2D eigenvalue weighted by atomic mass is 32.2. The maximum atomic E-state index is 11.5. The summed E-state index contributed by atoms with van der Waals surface area (Å²) >= 11 is 0. The van der Waals surface area contributed by atoms with Crippen LogP contribution in [0.3, 0.4) is 0 Å². The van der Waals surface area contributed by atoms with Gasteiger partial charge in [-0.2, -0.15) is 13.7 Å². The normalized spacial score (nSPS) is 16.9. The SMILES string of the molecule is N#CCN1C=NS(=O)(=O)c2ccccc21. The van der Waals surface area contributed by atoms with Crippen LogP contribution in [0.2, 0.25) is 0 Å². The molecule has 0 atom stereocenters. The lowest BCUT2D eigenvalue weighted by Gasteiger charge is -2.21. The highest BCUT2D eigenvalue weighted by Gasteiger charge is 2.24. The minimum atomic E-state index is -3.57. The van der Waals surface area contributed by atoms with Crippen molar-refractivity contribution in [3.05, 3.63) is 24.3 Å². The van der Waals surface area contributed by atoms with Gasteiger partial charge in [0.05, 0.1) is 11.8 Å². The number of sulfonamides is 1. The van der Waals surface area contributed by atoms with Gasteiger partial charge in [0.1, 0.15) is 17.8 Å². The van der Waals surface area contributed by atoms with Gasteiger partial charge in [0.25, 0.3) is 10.0 Å². The fraction of sp³-hybridized carbons (Fsp3) is 0.111. The summed E-state index contributed by atoms with van der Waals surface area (Å²) in [7, 11) is -3.57. The molecule has 6 heteroatoms. The molecule has 0 amide bonds. The van der Waals surface area contributed by atoms with Crippen LogP contribution in [0.5, 0.6) is 0 Å². The molecule has 0 aliphatic carbocycles. The molecule has 0 spiro atoms. The zero-order chi connectivity index (χ0) is 10.9. The van der Waals surface area contributed by atoms with Crippen LogP contribution in [0.1, 0.15) is 0 Å². The molecule has 0 radical (unpaired) electrons. The largest absolute Gasteiger partial charge is 0.317 e. The van der Waals surface area contributed by atoms with E-state index in [0.717, 1.165) is 0 Å². The van der Waals surface area contributed by atoms with Crippen LogP contribution >= 0.6 is 0 Å². The second-order valence-electron chi connectivity index (χ2n) is 2.95. The van der Waals surface area contributed by atoms with E-state index in [1.165, 1.54) is 17.3 Å². The first-order chi connectivity index (χ1) is 7.15. The maximum absolute atomic E-state index is 11.5. The van der Waals surface area contributed by atoms with Gasteiger partial charge in [-0.15, -0.1) is 4.40 Å². The van der Waals surface area contributed by atoms with Gasteiger partial charge in [-0.1, -0.05) is 12.1 Å². The van der Waals surface area contributed by atoms with Crippen LogP contribution in [0.15, 0.2) is 33.6 Å². The third-order valence-corrected chi connectivity index (χ3v) is 3.29. The van der Waals surface area contributed by atoms with Gasteiger partial charge < -0.3 is 4.90 Å². The van der Waals surface area contributed by atoms with Gasteiger partial charge in [0, 0.05) is 0 Å². The number of rotatable bonds is 1. The Labute approximate surface area is 87.3 Å². The summed E-state index contributed by atoms with van der Waals surface area (Å²) in [6.45, 7) is 0.0794. The fourth-order valence-electron chi connectivity index (χ4n) is 1.35. The molecule has 1 aromatic rings. The maximum Gasteiger partial charge on any atom is 0.285 e. The number of hydrogen-bond donors (Lipinski definition) is 0. The Morgan fingerprint density at radius 3 is 2.87 bits per heavy atom. The van der Waals surface area contributed by atoms with Crippen molar-refractivity contribution in [1.82, 2.24) is 0 Å². The van der Waals surface area contributed by atoms with Crippen molar-refractivity contribution in [2.45, 2.75) is 4.90 Å². The summed E-state index contributed by atoms with van der Waals surface area (Å²) < 4.78 is 26.5. The van der Waals surface area contributed by atoms with Crippen molar-refractivity contribution in [2.24, 2.45) is 4.40 Å². The Morgan fingerprint density at radius 1 is 1.40 bits per heavy atom. The fourth-order valence-corrected chi connectivity index (χ4v) is 2.40. The van der Waals surface area contributed by atoms with Gasteiger partial charge in [0.15, 0.2) is 0 Å². The van der Waals surface area contributed by atoms with Crippen molar-refractivity contribution in [3.63, 3.8) is 0 Å². The number of nitriles is 1. The second kappa shape index (κ2) is 3.37. The number of anilines is 1. The van der Waals surface area contributed by atoms with Crippen molar-refractivity contribution < 1.29 is 8.42 Å². The molecule has 15 heavy (non-hydrogen) atoms. The number of para-hydroxylation sites is 1. The molecular formula is C9H7N3O2S. The molecule has 0 saturated heterocycles. The van der Waals surface area contributed by atoms with E-state index in [4.69, 9.17) is 5.26 Å². The Kier molecular flexibility index (Phi) is 2.17. The van der Waals surface area contributed by atoms with Gasteiger partial charge >= 0.3 is 0 Å². The van der Waals surface area contributed by atoms with E-state index in [2.05, 4.69) is 4.40 Å². The topological polar surface area (TPSA) is 73.5 Å². The summed E-state index contributed by atoms with van der Waals surface area (Å²) in [6, 6.07) is 8.42. The first-order valence-corrected chi connectivity index (χ1v) is 5.62. The van der Waals surface area contributed by atoms with Crippen LogP contribution < -0.4 is 4.90 Å². The van der Waals surface area contributed by atoms with Gasteiger partial charge in [-0.3, -0.25) is 0 Å². The van der Waals surface area contributed by atoms with E-state index in [9.17, 15) is 8.42 Å². The molecule has 0 aromatic heterocycles. The van der Waals surface area contributed by atoms with Crippen molar-refractivity contribution in [2.75, 3.05) is 11.4 Å². The average molecular weight is 221 g/mol. The molecule has 1 aliphatic heterocycles. The molecular weight excluding hydrogens is 214 g/mol. The van der Waals surface area contributed by atoms with Crippen LogP contribution in [-0.4, -0.2) is 21.3 Å². The standard InChI is InChI=1S/C9H7N3O2S/c10-5-6-12-7-11-15(13,14)9-4-2-1-3-8(9)12/h1-4,7H,6H2. The van der Waals surface area contributed by atoms with Crippen molar-refractivity contribution in [3.8, 4) is 6.07 Å². The number of nitrogens with zero attached hydrogens (tertiary/aromatic N) is 3. The van der Waals surface area contributed by atoms with Crippen LogP contribution in [-0.2, 0) is 10.0 Å². The molecule has 0 saturated carbocycles. The summed E-state index contributed by atoms with van der Waals surface area (Å²) in [5.41, 5.74) is 0.494. The zero-order valence-corrected chi connectivity index (χ0v) is 8.48. The van der Waals surface area contributed by atoms with Crippen molar-refractivity contribution >= 4 is 22.0 Å². The van der Waals surface area contributed by atoms with E-state index < -0.39 is 10.0 Å². The molecule has 5 nitrogen and oxygen atoms in total. The number of hydrogen-bond acceptors (Lipinski definition) is 4. The molecule has 0 N–H and O–H groups in total. The van der Waals surface area contributed by atoms with Crippen molar-refractivity contribution in [1.29, 1.82) is 5.26 Å². The molecule has 1 aromatic carbocycles. The minimum Gasteiger partial charge on any atom is -0.317 e. The summed E-state index contributed by atoms with van der Waals surface area (Å²) in [4.78, 5) is 1.64. The third-order valence-electron chi connectivity index (χ3n) is 2.02. The Hall–Kier alpha value is -1.87. The van der Waals surface area contributed by atoms with Gasteiger partial charge in [-0.25, -0.2) is 0 Å². The molecule has 0 fully saturated rings. The third kappa shape index (κ3) is 1.57. The predicted octanol–water partition coefficient (Wildman–Crippen LogP) is 0.747. The lowest BCUT2D eigenvalue weighted by molar-refractivity contribution is 0.597. The zero-order valence-electron chi connectivity index (χ0n) is 7.66. The van der Waals surface area contributed by atoms with Crippen LogP contribution in [0.4, 0.5) is 5.69 Å².